The van der Waals surface area contributed by atoms with E-state index in [9.17, 15) is 8.42 Å². The molecule has 3 rings (SSSR count). The molecule has 2 aromatic carbocycles. The quantitative estimate of drug-likeness (QED) is 0.806. The average Bonchev–Trinajstić information content (AvgIpc) is 2.54. The summed E-state index contributed by atoms with van der Waals surface area (Å²) in [7, 11) is -4.02. The average molecular weight is 317 g/mol. The summed E-state index contributed by atoms with van der Waals surface area (Å²) < 4.78 is 40.3. The minimum absolute atomic E-state index is 0.0425. The zero-order valence-corrected chi connectivity index (χ0v) is 12.2. The van der Waals surface area contributed by atoms with E-state index < -0.39 is 10.1 Å². The molecule has 1 heterocycles. The van der Waals surface area contributed by atoms with Crippen molar-refractivity contribution in [2.24, 2.45) is 0 Å². The molecule has 0 atom stereocenters. The molecule has 0 saturated heterocycles. The molecule has 0 saturated carbocycles. The molecule has 6 nitrogen and oxygen atoms in total. The van der Waals surface area contributed by atoms with Gasteiger partial charge in [-0.05, 0) is 30.3 Å². The lowest BCUT2D eigenvalue weighted by molar-refractivity contribution is 0.171. The first-order valence-electron chi connectivity index (χ1n) is 6.43. The molecule has 1 aliphatic heterocycles. The highest BCUT2D eigenvalue weighted by molar-refractivity contribution is 7.87. The Hall–Kier alpha value is -2.72. The molecule has 0 bridgehead atoms. The third kappa shape index (κ3) is 2.82. The highest BCUT2D eigenvalue weighted by Crippen LogP contribution is 2.33. The van der Waals surface area contributed by atoms with Crippen molar-refractivity contribution in [3.8, 4) is 23.3 Å². The fourth-order valence-corrected chi connectivity index (χ4v) is 2.91. The van der Waals surface area contributed by atoms with Crippen molar-refractivity contribution in [1.82, 2.24) is 0 Å². The monoisotopic (exact) mass is 317 g/mol. The van der Waals surface area contributed by atoms with Gasteiger partial charge in [-0.2, -0.15) is 13.7 Å². The molecule has 0 spiro atoms. The Morgan fingerprint density at radius 1 is 1.05 bits per heavy atom. The van der Waals surface area contributed by atoms with Crippen LogP contribution in [0.3, 0.4) is 0 Å². The number of rotatable bonds is 3. The molecule has 112 valence electrons. The summed E-state index contributed by atoms with van der Waals surface area (Å²) in [5.41, 5.74) is 0.315. The predicted molar refractivity (Wildman–Crippen MR) is 76.4 cm³/mol. The number of hydrogen-bond acceptors (Lipinski definition) is 6. The normalized spacial score (nSPS) is 13.2. The van der Waals surface area contributed by atoms with Crippen LogP contribution in [-0.2, 0) is 10.1 Å². The van der Waals surface area contributed by atoms with E-state index in [1.807, 2.05) is 6.07 Å². The number of hydrogen-bond donors (Lipinski definition) is 0. The highest BCUT2D eigenvalue weighted by atomic mass is 32.2. The molecule has 0 radical (unpaired) electrons. The number of fused-ring (bicyclic) bond motifs is 1. The van der Waals surface area contributed by atoms with E-state index in [4.69, 9.17) is 18.9 Å². The minimum atomic E-state index is -4.02. The number of nitrogens with zero attached hydrogens (tertiary/aromatic N) is 1. The molecule has 22 heavy (non-hydrogen) atoms. The second kappa shape index (κ2) is 5.58. The van der Waals surface area contributed by atoms with Crippen molar-refractivity contribution in [2.75, 3.05) is 13.2 Å². The van der Waals surface area contributed by atoms with E-state index >= 15 is 0 Å². The van der Waals surface area contributed by atoms with Crippen molar-refractivity contribution >= 4 is 10.1 Å². The molecular weight excluding hydrogens is 306 g/mol. The van der Waals surface area contributed by atoms with Crippen LogP contribution < -0.4 is 13.7 Å². The molecule has 0 amide bonds. The number of benzene rings is 2. The molecule has 2 aromatic rings. The van der Waals surface area contributed by atoms with Gasteiger partial charge in [0.2, 0.25) is 0 Å². The Morgan fingerprint density at radius 2 is 1.82 bits per heavy atom. The van der Waals surface area contributed by atoms with E-state index in [1.54, 1.807) is 12.1 Å². The van der Waals surface area contributed by atoms with E-state index in [0.717, 1.165) is 0 Å². The van der Waals surface area contributed by atoms with Gasteiger partial charge in [-0.15, -0.1) is 0 Å². The minimum Gasteiger partial charge on any atom is -0.486 e. The summed E-state index contributed by atoms with van der Waals surface area (Å²) >= 11 is 0. The van der Waals surface area contributed by atoms with Gasteiger partial charge in [0.25, 0.3) is 0 Å². The van der Waals surface area contributed by atoms with Crippen molar-refractivity contribution in [1.29, 1.82) is 5.26 Å². The lowest BCUT2D eigenvalue weighted by Crippen LogP contribution is -2.16. The Labute approximate surface area is 127 Å². The van der Waals surface area contributed by atoms with Crippen molar-refractivity contribution in [2.45, 2.75) is 4.90 Å². The molecule has 0 aromatic heterocycles. The van der Waals surface area contributed by atoms with Gasteiger partial charge < -0.3 is 13.7 Å². The zero-order valence-electron chi connectivity index (χ0n) is 11.4. The first kappa shape index (κ1) is 14.2. The highest BCUT2D eigenvalue weighted by Gasteiger charge is 2.21. The maximum Gasteiger partial charge on any atom is 0.339 e. The smallest absolute Gasteiger partial charge is 0.339 e. The van der Waals surface area contributed by atoms with Crippen LogP contribution in [0.1, 0.15) is 5.56 Å². The first-order chi connectivity index (χ1) is 10.6. The standard InChI is InChI=1S/C15H11NO5S/c16-10-11-2-1-3-12(8-11)21-22(17,18)13-4-5-14-15(9-13)20-7-6-19-14/h1-5,8-9H,6-7H2. The van der Waals surface area contributed by atoms with Gasteiger partial charge in [0.1, 0.15) is 23.9 Å². The SMILES string of the molecule is N#Cc1cccc(OS(=O)(=O)c2ccc3c(c2)OCCO3)c1. The Morgan fingerprint density at radius 3 is 2.59 bits per heavy atom. The second-order valence-corrected chi connectivity index (χ2v) is 6.03. The molecule has 0 fully saturated rings. The van der Waals surface area contributed by atoms with Gasteiger partial charge in [0, 0.05) is 6.07 Å². The fraction of sp³-hybridized carbons (Fsp3) is 0.133. The maximum atomic E-state index is 12.3. The fourth-order valence-electron chi connectivity index (χ4n) is 1.97. The van der Waals surface area contributed by atoms with Crippen molar-refractivity contribution in [3.63, 3.8) is 0 Å². The van der Waals surface area contributed by atoms with Gasteiger partial charge in [0.15, 0.2) is 11.5 Å². The van der Waals surface area contributed by atoms with Gasteiger partial charge in [0.05, 0.1) is 11.6 Å². The summed E-state index contributed by atoms with van der Waals surface area (Å²) in [5.74, 6) is 0.937. The van der Waals surface area contributed by atoms with Crippen LogP contribution in [0, 0.1) is 11.3 Å². The molecule has 0 aliphatic carbocycles. The van der Waals surface area contributed by atoms with Gasteiger partial charge in [-0.25, -0.2) is 0 Å². The lowest BCUT2D eigenvalue weighted by atomic mass is 10.2. The van der Waals surface area contributed by atoms with Crippen LogP contribution >= 0.6 is 0 Å². The molecule has 1 aliphatic rings. The molecule has 0 unspecified atom stereocenters. The number of nitriles is 1. The van der Waals surface area contributed by atoms with E-state index in [-0.39, 0.29) is 10.6 Å². The first-order valence-corrected chi connectivity index (χ1v) is 7.84. The summed E-state index contributed by atoms with van der Waals surface area (Å²) in [6.07, 6.45) is 0. The summed E-state index contributed by atoms with van der Waals surface area (Å²) in [5, 5.41) is 8.82. The van der Waals surface area contributed by atoms with Gasteiger partial charge in [-0.3, -0.25) is 0 Å². The Kier molecular flexibility index (Phi) is 3.61. The molecular formula is C15H11NO5S. The molecule has 7 heteroatoms. The van der Waals surface area contributed by atoms with Crippen LogP contribution in [0.4, 0.5) is 0 Å². The summed E-state index contributed by atoms with van der Waals surface area (Å²) in [4.78, 5) is -0.0425. The van der Waals surface area contributed by atoms with Crippen LogP contribution in [0.15, 0.2) is 47.4 Å². The van der Waals surface area contributed by atoms with Crippen LogP contribution in [0.5, 0.6) is 17.2 Å². The second-order valence-electron chi connectivity index (χ2n) is 4.48. The summed E-state index contributed by atoms with van der Waals surface area (Å²) in [6.45, 7) is 0.790. The van der Waals surface area contributed by atoms with Crippen LogP contribution in [-0.4, -0.2) is 21.6 Å². The largest absolute Gasteiger partial charge is 0.486 e. The molecule has 0 N–H and O–H groups in total. The summed E-state index contributed by atoms with van der Waals surface area (Å²) in [6, 6.07) is 12.1. The Bertz CT molecular complexity index is 854. The lowest BCUT2D eigenvalue weighted by Gasteiger charge is -2.18. The predicted octanol–water partition coefficient (Wildman–Crippen LogP) is 2.10. The van der Waals surface area contributed by atoms with E-state index in [0.29, 0.717) is 30.3 Å². The van der Waals surface area contributed by atoms with E-state index in [2.05, 4.69) is 0 Å². The zero-order chi connectivity index (χ0) is 15.6. The van der Waals surface area contributed by atoms with Gasteiger partial charge in [-0.1, -0.05) is 6.07 Å². The Balaban J connectivity index is 1.91. The van der Waals surface area contributed by atoms with Crippen molar-refractivity contribution < 1.29 is 22.1 Å². The topological polar surface area (TPSA) is 85.6 Å². The number of ether oxygens (including phenoxy) is 2. The van der Waals surface area contributed by atoms with Crippen LogP contribution in [0.2, 0.25) is 0 Å². The third-order valence-electron chi connectivity index (χ3n) is 2.97. The van der Waals surface area contributed by atoms with E-state index in [1.165, 1.54) is 30.3 Å². The van der Waals surface area contributed by atoms with Crippen molar-refractivity contribution in [3.05, 3.63) is 48.0 Å². The van der Waals surface area contributed by atoms with Crippen LogP contribution in [0.25, 0.3) is 0 Å². The maximum absolute atomic E-state index is 12.3. The van der Waals surface area contributed by atoms with Gasteiger partial charge >= 0.3 is 10.1 Å². The third-order valence-corrected chi connectivity index (χ3v) is 4.21.